The van der Waals surface area contributed by atoms with Gasteiger partial charge in [0.15, 0.2) is 6.61 Å². The third kappa shape index (κ3) is 2.80. The van der Waals surface area contributed by atoms with Crippen molar-refractivity contribution in [1.29, 1.82) is 0 Å². The Morgan fingerprint density at radius 2 is 1.67 bits per heavy atom. The maximum atomic E-state index is 11.9. The van der Waals surface area contributed by atoms with E-state index in [1.54, 1.807) is 24.3 Å². The molecule has 0 saturated heterocycles. The molecular formula is C14H14Cl2N2O3. The van der Waals surface area contributed by atoms with Gasteiger partial charge in [0.05, 0.1) is 11.1 Å². The molecule has 0 radical (unpaired) electrons. The number of halogens is 2. The van der Waals surface area contributed by atoms with E-state index in [0.29, 0.717) is 10.8 Å². The predicted octanol–water partition coefficient (Wildman–Crippen LogP) is 1.47. The molecule has 0 spiro atoms. The number of rotatable bonds is 6. The van der Waals surface area contributed by atoms with Crippen LogP contribution in [0.25, 0.3) is 0 Å². The van der Waals surface area contributed by atoms with Crippen LogP contribution in [0.3, 0.4) is 0 Å². The van der Waals surface area contributed by atoms with Gasteiger partial charge in [-0.05, 0) is 37.1 Å². The maximum Gasteiger partial charge on any atom is 0.258 e. The summed E-state index contributed by atoms with van der Waals surface area (Å²) in [7, 11) is 0. The number of alkyl halides is 1. The lowest BCUT2D eigenvalue weighted by atomic mass is 10.3. The van der Waals surface area contributed by atoms with Crippen molar-refractivity contribution < 1.29 is 14.3 Å². The summed E-state index contributed by atoms with van der Waals surface area (Å²) >= 11 is 11.2. The largest absolute Gasteiger partial charge is 0.484 e. The second-order valence-corrected chi connectivity index (χ2v) is 6.19. The van der Waals surface area contributed by atoms with E-state index in [4.69, 9.17) is 27.9 Å². The number of carbonyl (C=O) groups excluding carboxylic acids is 2. The normalized spacial score (nSPS) is 28.3. The van der Waals surface area contributed by atoms with E-state index in [2.05, 4.69) is 10.6 Å². The number of amides is 2. The molecule has 2 aliphatic carbocycles. The van der Waals surface area contributed by atoms with E-state index in [1.165, 1.54) is 0 Å². The first kappa shape index (κ1) is 14.5. The fourth-order valence-corrected chi connectivity index (χ4v) is 2.78. The molecule has 1 aromatic carbocycles. The van der Waals surface area contributed by atoms with Gasteiger partial charge in [0.1, 0.15) is 11.6 Å². The third-order valence-electron chi connectivity index (χ3n) is 3.94. The second-order valence-electron chi connectivity index (χ2n) is 5.49. The SMILES string of the molecule is O=C(CCl)NC12CC1(NC(=O)COc1ccc(Cl)cc1)C2. The van der Waals surface area contributed by atoms with E-state index in [-0.39, 0.29) is 35.4 Å². The minimum absolute atomic E-state index is 0.0640. The van der Waals surface area contributed by atoms with Gasteiger partial charge in [0.25, 0.3) is 5.91 Å². The first-order valence-electron chi connectivity index (χ1n) is 6.55. The predicted molar refractivity (Wildman–Crippen MR) is 78.6 cm³/mol. The Morgan fingerprint density at radius 3 is 2.24 bits per heavy atom. The highest BCUT2D eigenvalue weighted by atomic mass is 35.5. The Bertz CT molecular complexity index is 582. The van der Waals surface area contributed by atoms with Crippen LogP contribution in [0.4, 0.5) is 0 Å². The van der Waals surface area contributed by atoms with Crippen molar-refractivity contribution in [2.24, 2.45) is 0 Å². The molecule has 0 bridgehead atoms. The van der Waals surface area contributed by atoms with Crippen LogP contribution in [0.1, 0.15) is 12.8 Å². The Morgan fingerprint density at radius 1 is 1.10 bits per heavy atom. The molecule has 112 valence electrons. The molecule has 2 aliphatic rings. The van der Waals surface area contributed by atoms with Crippen molar-refractivity contribution in [3.63, 3.8) is 0 Å². The number of ether oxygens (including phenoxy) is 1. The van der Waals surface area contributed by atoms with E-state index in [0.717, 1.165) is 12.8 Å². The highest BCUT2D eigenvalue weighted by Crippen LogP contribution is 2.70. The molecular weight excluding hydrogens is 315 g/mol. The van der Waals surface area contributed by atoms with Crippen LogP contribution in [-0.4, -0.2) is 35.4 Å². The minimum Gasteiger partial charge on any atom is -0.484 e. The molecule has 0 aliphatic heterocycles. The van der Waals surface area contributed by atoms with Crippen LogP contribution in [0.2, 0.25) is 5.02 Å². The number of fused-ring (bicyclic) bond motifs is 1. The van der Waals surface area contributed by atoms with Gasteiger partial charge >= 0.3 is 0 Å². The zero-order chi connectivity index (χ0) is 15.1. The van der Waals surface area contributed by atoms with Crippen molar-refractivity contribution in [3.05, 3.63) is 29.3 Å². The van der Waals surface area contributed by atoms with Crippen LogP contribution in [0, 0.1) is 0 Å². The quantitative estimate of drug-likeness (QED) is 0.777. The molecule has 2 saturated carbocycles. The molecule has 1 aromatic rings. The molecule has 3 rings (SSSR count). The van der Waals surface area contributed by atoms with E-state index in [1.807, 2.05) is 0 Å². The topological polar surface area (TPSA) is 67.4 Å². The zero-order valence-corrected chi connectivity index (χ0v) is 12.6. The standard InChI is InChI=1S/C14H14Cl2N2O3/c15-5-11(19)17-13-7-14(13,8-13)18-12(20)6-21-10-3-1-9(16)2-4-10/h1-4H,5-8H2,(H,17,19)(H,18,20). The van der Waals surface area contributed by atoms with E-state index < -0.39 is 0 Å². The highest BCUT2D eigenvalue weighted by molar-refractivity contribution is 6.30. The van der Waals surface area contributed by atoms with Crippen molar-refractivity contribution in [1.82, 2.24) is 10.6 Å². The Balaban J connectivity index is 1.44. The van der Waals surface area contributed by atoms with Crippen LogP contribution >= 0.6 is 23.2 Å². The average Bonchev–Trinajstić information content (AvgIpc) is 3.23. The van der Waals surface area contributed by atoms with E-state index in [9.17, 15) is 9.59 Å². The van der Waals surface area contributed by atoms with Crippen molar-refractivity contribution in [2.75, 3.05) is 12.5 Å². The molecule has 0 unspecified atom stereocenters. The van der Waals surface area contributed by atoms with E-state index >= 15 is 0 Å². The maximum absolute atomic E-state index is 11.9. The Kier molecular flexibility index (Phi) is 3.50. The van der Waals surface area contributed by atoms with Crippen molar-refractivity contribution >= 4 is 35.0 Å². The molecule has 0 atom stereocenters. The van der Waals surface area contributed by atoms with Crippen LogP contribution in [-0.2, 0) is 9.59 Å². The van der Waals surface area contributed by atoms with Gasteiger partial charge in [0, 0.05) is 5.02 Å². The summed E-state index contributed by atoms with van der Waals surface area (Å²) in [6, 6.07) is 6.80. The van der Waals surface area contributed by atoms with Gasteiger partial charge in [-0.15, -0.1) is 11.6 Å². The monoisotopic (exact) mass is 328 g/mol. The minimum atomic E-state index is -0.283. The summed E-state index contributed by atoms with van der Waals surface area (Å²) < 4.78 is 5.37. The fourth-order valence-electron chi connectivity index (χ4n) is 2.59. The molecule has 0 aromatic heterocycles. The lowest BCUT2D eigenvalue weighted by Gasteiger charge is -2.08. The smallest absolute Gasteiger partial charge is 0.258 e. The Hall–Kier alpha value is -1.46. The second kappa shape index (κ2) is 5.07. The van der Waals surface area contributed by atoms with Crippen LogP contribution in [0.15, 0.2) is 24.3 Å². The number of carbonyl (C=O) groups is 2. The molecule has 2 amide bonds. The van der Waals surface area contributed by atoms with Crippen molar-refractivity contribution in [3.8, 4) is 5.75 Å². The van der Waals surface area contributed by atoms with Gasteiger partial charge < -0.3 is 15.4 Å². The first-order chi connectivity index (χ1) is 9.98. The first-order valence-corrected chi connectivity index (χ1v) is 7.46. The molecule has 2 fully saturated rings. The van der Waals surface area contributed by atoms with Gasteiger partial charge in [-0.3, -0.25) is 9.59 Å². The molecule has 0 heterocycles. The molecule has 7 heteroatoms. The van der Waals surface area contributed by atoms with Gasteiger partial charge in [-0.2, -0.15) is 0 Å². The molecule has 5 nitrogen and oxygen atoms in total. The van der Waals surface area contributed by atoms with Crippen LogP contribution in [0.5, 0.6) is 5.75 Å². The molecule has 21 heavy (non-hydrogen) atoms. The lowest BCUT2D eigenvalue weighted by molar-refractivity contribution is -0.124. The summed E-state index contributed by atoms with van der Waals surface area (Å²) in [5.74, 6) is 0.110. The summed E-state index contributed by atoms with van der Waals surface area (Å²) in [6.07, 6.45) is 1.52. The van der Waals surface area contributed by atoms with Gasteiger partial charge in [-0.25, -0.2) is 0 Å². The third-order valence-corrected chi connectivity index (χ3v) is 4.43. The number of benzene rings is 1. The zero-order valence-electron chi connectivity index (χ0n) is 11.1. The summed E-state index contributed by atoms with van der Waals surface area (Å²) in [4.78, 5) is 23.1. The van der Waals surface area contributed by atoms with Crippen molar-refractivity contribution in [2.45, 2.75) is 23.9 Å². The molecule has 2 N–H and O–H groups in total. The summed E-state index contributed by atoms with van der Waals surface area (Å²) in [6.45, 7) is -0.0666. The van der Waals surface area contributed by atoms with Gasteiger partial charge in [0.2, 0.25) is 5.91 Å². The highest BCUT2D eigenvalue weighted by Gasteiger charge is 2.85. The fraction of sp³-hybridized carbons (Fsp3) is 0.429. The Labute approximate surface area is 131 Å². The number of nitrogens with one attached hydrogen (secondary N) is 2. The number of hydrogen-bond donors (Lipinski definition) is 2. The summed E-state index contributed by atoms with van der Waals surface area (Å²) in [5.41, 5.74) is -0.552. The van der Waals surface area contributed by atoms with Gasteiger partial charge in [-0.1, -0.05) is 11.6 Å². The lowest BCUT2D eigenvalue weighted by Crippen LogP contribution is -2.37. The number of hydrogen-bond acceptors (Lipinski definition) is 3. The van der Waals surface area contributed by atoms with Crippen LogP contribution < -0.4 is 15.4 Å². The summed E-state index contributed by atoms with van der Waals surface area (Å²) in [5, 5.41) is 6.36. The average molecular weight is 329 g/mol.